The highest BCUT2D eigenvalue weighted by Crippen LogP contribution is 2.41. The van der Waals surface area contributed by atoms with E-state index in [-0.39, 0.29) is 24.4 Å². The smallest absolute Gasteiger partial charge is 0.254 e. The summed E-state index contributed by atoms with van der Waals surface area (Å²) in [5.41, 5.74) is 2.54. The maximum atomic E-state index is 13.7. The number of halogens is 2. The summed E-state index contributed by atoms with van der Waals surface area (Å²) in [5.74, 6) is -0.199. The third-order valence-corrected chi connectivity index (χ3v) is 7.52. The lowest BCUT2D eigenvalue weighted by Gasteiger charge is -2.38. The van der Waals surface area contributed by atoms with Gasteiger partial charge in [0, 0.05) is 33.6 Å². The van der Waals surface area contributed by atoms with Crippen LogP contribution in [0, 0.1) is 0 Å². The fourth-order valence-corrected chi connectivity index (χ4v) is 5.68. The van der Waals surface area contributed by atoms with Crippen molar-refractivity contribution in [3.8, 4) is 0 Å². The first kappa shape index (κ1) is 23.8. The number of benzene rings is 2. The van der Waals surface area contributed by atoms with E-state index in [1.165, 1.54) is 4.88 Å². The molecule has 4 rings (SSSR count). The van der Waals surface area contributed by atoms with Crippen LogP contribution < -0.4 is 0 Å². The Kier molecular flexibility index (Phi) is 7.74. The summed E-state index contributed by atoms with van der Waals surface area (Å²) in [6.07, 6.45) is 2.58. The van der Waals surface area contributed by atoms with Crippen LogP contribution in [0.4, 0.5) is 0 Å². The quantitative estimate of drug-likeness (QED) is 0.372. The Morgan fingerprint density at radius 3 is 2.61 bits per heavy atom. The fourth-order valence-electron chi connectivity index (χ4n) is 4.26. The lowest BCUT2D eigenvalue weighted by Crippen LogP contribution is -2.47. The van der Waals surface area contributed by atoms with Crippen molar-refractivity contribution in [1.29, 1.82) is 0 Å². The second-order valence-electron chi connectivity index (χ2n) is 8.15. The lowest BCUT2D eigenvalue weighted by molar-refractivity contribution is -0.134. The molecule has 0 spiro atoms. The zero-order chi connectivity index (χ0) is 23.4. The van der Waals surface area contributed by atoms with Gasteiger partial charge in [0.2, 0.25) is 5.91 Å². The number of hydrogen-bond donors (Lipinski definition) is 0. The van der Waals surface area contributed by atoms with Crippen LogP contribution in [0.2, 0.25) is 10.0 Å². The zero-order valence-electron chi connectivity index (χ0n) is 18.5. The summed E-state index contributed by atoms with van der Waals surface area (Å²) < 4.78 is 0. The number of carbonyl (C=O) groups is 2. The van der Waals surface area contributed by atoms with Crippen molar-refractivity contribution in [2.45, 2.75) is 32.2 Å². The van der Waals surface area contributed by atoms with Gasteiger partial charge < -0.3 is 9.80 Å². The van der Waals surface area contributed by atoms with Crippen molar-refractivity contribution >= 4 is 46.4 Å². The third-order valence-electron chi connectivity index (χ3n) is 5.96. The fraction of sp³-hybridized carbons (Fsp3) is 0.308. The van der Waals surface area contributed by atoms with Crippen LogP contribution >= 0.6 is 34.5 Å². The molecule has 2 heterocycles. The number of nitrogens with zero attached hydrogens (tertiary/aromatic N) is 2. The summed E-state index contributed by atoms with van der Waals surface area (Å²) in [4.78, 5) is 31.7. The van der Waals surface area contributed by atoms with Crippen LogP contribution in [0.3, 0.4) is 0 Å². The number of fused-ring (bicyclic) bond motifs is 1. The average molecular weight is 501 g/mol. The molecule has 0 bridgehead atoms. The summed E-state index contributed by atoms with van der Waals surface area (Å²) in [6, 6.07) is 16.3. The van der Waals surface area contributed by atoms with E-state index in [1.807, 2.05) is 29.2 Å². The van der Waals surface area contributed by atoms with Gasteiger partial charge in [-0.1, -0.05) is 60.8 Å². The molecule has 2 aromatic carbocycles. The molecule has 2 amide bonds. The Bertz CT molecular complexity index is 1130. The Labute approximate surface area is 208 Å². The van der Waals surface area contributed by atoms with Gasteiger partial charge in [0.1, 0.15) is 6.54 Å². The maximum absolute atomic E-state index is 13.7. The minimum Gasteiger partial charge on any atom is -0.330 e. The van der Waals surface area contributed by atoms with Crippen LogP contribution in [0.15, 0.2) is 60.0 Å². The lowest BCUT2D eigenvalue weighted by atomic mass is 9.93. The molecule has 33 heavy (non-hydrogen) atoms. The third kappa shape index (κ3) is 5.26. The standard InChI is InChI=1S/C26H26Cl2N2O2S/c1-2-3-13-29(26(32)18-7-5-4-6-8-18)17-24(31)30-14-11-23-21(12-15-33-23)25(30)20-10-9-19(27)16-22(20)28/h4-10,12,15-16,25H,2-3,11,13-14,17H2,1H3/t25-/m1/s1. The van der Waals surface area contributed by atoms with E-state index < -0.39 is 0 Å². The van der Waals surface area contributed by atoms with E-state index in [1.54, 1.807) is 40.5 Å². The molecule has 172 valence electrons. The van der Waals surface area contributed by atoms with E-state index in [9.17, 15) is 9.59 Å². The number of carbonyl (C=O) groups excluding carboxylic acids is 2. The Morgan fingerprint density at radius 1 is 1.09 bits per heavy atom. The van der Waals surface area contributed by atoms with Crippen LogP contribution in [0.25, 0.3) is 0 Å². The first-order valence-electron chi connectivity index (χ1n) is 11.1. The monoisotopic (exact) mass is 500 g/mol. The summed E-state index contributed by atoms with van der Waals surface area (Å²) in [7, 11) is 0. The first-order valence-corrected chi connectivity index (χ1v) is 12.8. The Balaban J connectivity index is 1.63. The molecule has 1 aromatic heterocycles. The Morgan fingerprint density at radius 2 is 1.88 bits per heavy atom. The number of rotatable bonds is 7. The molecule has 0 saturated heterocycles. The average Bonchev–Trinajstić information content (AvgIpc) is 3.30. The highest BCUT2D eigenvalue weighted by Gasteiger charge is 2.35. The first-order chi connectivity index (χ1) is 16.0. The number of thiophene rings is 1. The van der Waals surface area contributed by atoms with Crippen molar-refractivity contribution < 1.29 is 9.59 Å². The van der Waals surface area contributed by atoms with Gasteiger partial charge in [0.05, 0.1) is 6.04 Å². The molecule has 0 saturated carbocycles. The maximum Gasteiger partial charge on any atom is 0.254 e. The van der Waals surface area contributed by atoms with Gasteiger partial charge in [0.25, 0.3) is 5.91 Å². The minimum absolute atomic E-state index is 0.0366. The highest BCUT2D eigenvalue weighted by atomic mass is 35.5. The molecular weight excluding hydrogens is 475 g/mol. The second-order valence-corrected chi connectivity index (χ2v) is 10.00. The van der Waals surface area contributed by atoms with E-state index >= 15 is 0 Å². The summed E-state index contributed by atoms with van der Waals surface area (Å²) in [6.45, 7) is 3.24. The molecule has 1 aliphatic heterocycles. The van der Waals surface area contributed by atoms with Crippen LogP contribution in [-0.4, -0.2) is 41.2 Å². The van der Waals surface area contributed by atoms with E-state index in [2.05, 4.69) is 18.4 Å². The second kappa shape index (κ2) is 10.7. The Hall–Kier alpha value is -2.34. The zero-order valence-corrected chi connectivity index (χ0v) is 20.8. The molecule has 0 fully saturated rings. The molecule has 0 radical (unpaired) electrons. The molecule has 1 atom stereocenters. The topological polar surface area (TPSA) is 40.6 Å². The van der Waals surface area contributed by atoms with E-state index in [4.69, 9.17) is 23.2 Å². The summed E-state index contributed by atoms with van der Waals surface area (Å²) >= 11 is 14.4. The van der Waals surface area contributed by atoms with Gasteiger partial charge in [-0.15, -0.1) is 11.3 Å². The molecular formula is C26H26Cl2N2O2S. The van der Waals surface area contributed by atoms with Crippen molar-refractivity contribution in [2.75, 3.05) is 19.6 Å². The van der Waals surface area contributed by atoms with Gasteiger partial charge in [-0.3, -0.25) is 9.59 Å². The van der Waals surface area contributed by atoms with Crippen molar-refractivity contribution in [3.05, 3.63) is 91.6 Å². The molecule has 0 aliphatic carbocycles. The number of unbranched alkanes of at least 4 members (excludes halogenated alkanes) is 1. The van der Waals surface area contributed by atoms with E-state index in [0.29, 0.717) is 28.7 Å². The molecule has 0 N–H and O–H groups in total. The minimum atomic E-state index is -0.294. The van der Waals surface area contributed by atoms with Gasteiger partial charge in [-0.2, -0.15) is 0 Å². The van der Waals surface area contributed by atoms with Crippen LogP contribution in [0.5, 0.6) is 0 Å². The molecule has 0 unspecified atom stereocenters. The molecule has 4 nitrogen and oxygen atoms in total. The van der Waals surface area contributed by atoms with E-state index in [0.717, 1.165) is 30.4 Å². The largest absolute Gasteiger partial charge is 0.330 e. The van der Waals surface area contributed by atoms with Crippen LogP contribution in [-0.2, 0) is 11.2 Å². The van der Waals surface area contributed by atoms with Gasteiger partial charge in [0.15, 0.2) is 0 Å². The normalized spacial score (nSPS) is 15.2. The predicted molar refractivity (Wildman–Crippen MR) is 135 cm³/mol. The predicted octanol–water partition coefficient (Wildman–Crippen LogP) is 6.47. The highest BCUT2D eigenvalue weighted by molar-refractivity contribution is 7.10. The molecule has 3 aromatic rings. The molecule has 7 heteroatoms. The van der Waals surface area contributed by atoms with Gasteiger partial charge in [-0.05, 0) is 59.7 Å². The summed E-state index contributed by atoms with van der Waals surface area (Å²) in [5, 5.41) is 3.15. The number of hydrogen-bond acceptors (Lipinski definition) is 3. The van der Waals surface area contributed by atoms with Gasteiger partial charge in [-0.25, -0.2) is 0 Å². The number of amides is 2. The van der Waals surface area contributed by atoms with Gasteiger partial charge >= 0.3 is 0 Å². The van der Waals surface area contributed by atoms with Crippen molar-refractivity contribution in [2.24, 2.45) is 0 Å². The molecule has 1 aliphatic rings. The van der Waals surface area contributed by atoms with Crippen molar-refractivity contribution in [3.63, 3.8) is 0 Å². The SMILES string of the molecule is CCCCN(CC(=O)N1CCc2sccc2[C@H]1c1ccc(Cl)cc1Cl)C(=O)c1ccccc1. The van der Waals surface area contributed by atoms with Crippen molar-refractivity contribution in [1.82, 2.24) is 9.80 Å². The van der Waals surface area contributed by atoms with Crippen LogP contribution in [0.1, 0.15) is 52.2 Å².